The SMILES string of the molecule is COC(=O)c1ccccc1S(=O)(=O)NNC(=O)COc1ccc(Cl)cc1. The molecule has 0 unspecified atom stereocenters. The summed E-state index contributed by atoms with van der Waals surface area (Å²) in [5, 5.41) is 0.513. The van der Waals surface area contributed by atoms with Crippen molar-refractivity contribution >= 4 is 33.5 Å². The molecule has 2 aromatic carbocycles. The Balaban J connectivity index is 1.98. The predicted molar refractivity (Wildman–Crippen MR) is 93.2 cm³/mol. The van der Waals surface area contributed by atoms with Crippen LogP contribution in [-0.4, -0.2) is 34.0 Å². The molecule has 10 heteroatoms. The average molecular weight is 399 g/mol. The second-order valence-corrected chi connectivity index (χ2v) is 6.97. The van der Waals surface area contributed by atoms with Gasteiger partial charge in [-0.3, -0.25) is 10.2 Å². The van der Waals surface area contributed by atoms with Crippen molar-refractivity contribution in [3.8, 4) is 5.75 Å². The summed E-state index contributed by atoms with van der Waals surface area (Å²) in [7, 11) is -3.05. The minimum absolute atomic E-state index is 0.158. The normalized spacial score (nSPS) is 10.8. The van der Waals surface area contributed by atoms with E-state index in [0.717, 1.165) is 7.11 Å². The monoisotopic (exact) mass is 398 g/mol. The number of carbonyl (C=O) groups excluding carboxylic acids is 2. The quantitative estimate of drug-likeness (QED) is 0.540. The fourth-order valence-corrected chi connectivity index (χ4v) is 3.06. The molecule has 0 atom stereocenters. The molecular weight excluding hydrogens is 384 g/mol. The highest BCUT2D eigenvalue weighted by molar-refractivity contribution is 7.89. The second-order valence-electron chi connectivity index (χ2n) is 4.88. The van der Waals surface area contributed by atoms with Crippen molar-refractivity contribution in [3.63, 3.8) is 0 Å². The Morgan fingerprint density at radius 3 is 2.38 bits per heavy atom. The van der Waals surface area contributed by atoms with Crippen LogP contribution in [0, 0.1) is 0 Å². The topological polar surface area (TPSA) is 111 Å². The number of methoxy groups -OCH3 is 1. The number of sulfonamides is 1. The predicted octanol–water partition coefficient (Wildman–Crippen LogP) is 1.52. The summed E-state index contributed by atoms with van der Waals surface area (Å²) in [6.45, 7) is -0.428. The van der Waals surface area contributed by atoms with Crippen molar-refractivity contribution in [1.29, 1.82) is 0 Å². The number of hydrazine groups is 1. The number of nitrogens with one attached hydrogen (secondary N) is 2. The first-order valence-corrected chi connectivity index (χ1v) is 9.06. The summed E-state index contributed by atoms with van der Waals surface area (Å²) < 4.78 is 34.3. The van der Waals surface area contributed by atoms with E-state index in [1.807, 2.05) is 10.3 Å². The third-order valence-corrected chi connectivity index (χ3v) is 4.65. The minimum Gasteiger partial charge on any atom is -0.484 e. The first-order valence-electron chi connectivity index (χ1n) is 7.20. The van der Waals surface area contributed by atoms with Gasteiger partial charge in [-0.25, -0.2) is 13.2 Å². The van der Waals surface area contributed by atoms with Gasteiger partial charge in [0.2, 0.25) is 0 Å². The maximum absolute atomic E-state index is 12.3. The van der Waals surface area contributed by atoms with Gasteiger partial charge in [0.1, 0.15) is 5.75 Å². The fourth-order valence-electron chi connectivity index (χ4n) is 1.87. The molecule has 1 amide bonds. The van der Waals surface area contributed by atoms with E-state index in [0.29, 0.717) is 10.8 Å². The van der Waals surface area contributed by atoms with E-state index in [4.69, 9.17) is 16.3 Å². The smallest absolute Gasteiger partial charge is 0.339 e. The number of esters is 1. The third kappa shape index (κ3) is 5.19. The highest BCUT2D eigenvalue weighted by atomic mass is 35.5. The Morgan fingerprint density at radius 1 is 1.08 bits per heavy atom. The molecule has 0 radical (unpaired) electrons. The first-order chi connectivity index (χ1) is 12.3. The van der Waals surface area contributed by atoms with Crippen molar-refractivity contribution < 1.29 is 27.5 Å². The van der Waals surface area contributed by atoms with Crippen molar-refractivity contribution in [2.45, 2.75) is 4.90 Å². The maximum Gasteiger partial charge on any atom is 0.339 e. The summed E-state index contributed by atoms with van der Waals surface area (Å²) in [5.41, 5.74) is 1.85. The number of hydrogen-bond acceptors (Lipinski definition) is 6. The number of rotatable bonds is 7. The molecule has 0 bridgehead atoms. The molecule has 0 aromatic heterocycles. The van der Waals surface area contributed by atoms with Gasteiger partial charge in [-0.1, -0.05) is 23.7 Å². The lowest BCUT2D eigenvalue weighted by Crippen LogP contribution is -2.44. The van der Waals surface area contributed by atoms with E-state index >= 15 is 0 Å². The Hall–Kier alpha value is -2.62. The van der Waals surface area contributed by atoms with Crippen LogP contribution >= 0.6 is 11.6 Å². The Bertz CT molecular complexity index is 899. The highest BCUT2D eigenvalue weighted by Gasteiger charge is 2.23. The summed E-state index contributed by atoms with van der Waals surface area (Å²) in [5.74, 6) is -1.16. The van der Waals surface area contributed by atoms with Gasteiger partial charge in [0.15, 0.2) is 6.61 Å². The van der Waals surface area contributed by atoms with Crippen LogP contribution in [0.2, 0.25) is 5.02 Å². The number of halogens is 1. The lowest BCUT2D eigenvalue weighted by atomic mass is 10.2. The molecule has 0 saturated carbocycles. The van der Waals surface area contributed by atoms with Gasteiger partial charge in [-0.15, -0.1) is 4.83 Å². The Morgan fingerprint density at radius 2 is 1.73 bits per heavy atom. The van der Waals surface area contributed by atoms with Gasteiger partial charge < -0.3 is 9.47 Å². The minimum atomic E-state index is -4.19. The molecule has 0 aliphatic carbocycles. The second kappa shape index (κ2) is 8.65. The summed E-state index contributed by atoms with van der Waals surface area (Å²) in [4.78, 5) is 25.0. The van der Waals surface area contributed by atoms with Crippen LogP contribution < -0.4 is 15.0 Å². The molecule has 138 valence electrons. The fraction of sp³-hybridized carbons (Fsp3) is 0.125. The van der Waals surface area contributed by atoms with E-state index in [1.54, 1.807) is 24.3 Å². The lowest BCUT2D eigenvalue weighted by molar-refractivity contribution is -0.123. The molecule has 26 heavy (non-hydrogen) atoms. The third-order valence-electron chi connectivity index (χ3n) is 3.09. The number of carbonyl (C=O) groups is 2. The summed E-state index contributed by atoms with van der Waals surface area (Å²) >= 11 is 5.73. The molecule has 2 N–H and O–H groups in total. The molecule has 0 aliphatic rings. The van der Waals surface area contributed by atoms with Gasteiger partial charge in [-0.05, 0) is 36.4 Å². The van der Waals surface area contributed by atoms with Gasteiger partial charge in [-0.2, -0.15) is 0 Å². The number of amides is 1. The largest absolute Gasteiger partial charge is 0.484 e. The molecule has 2 rings (SSSR count). The Kier molecular flexibility index (Phi) is 6.56. The molecule has 8 nitrogen and oxygen atoms in total. The molecule has 0 heterocycles. The van der Waals surface area contributed by atoms with Crippen molar-refractivity contribution in [2.24, 2.45) is 0 Å². The average Bonchev–Trinajstić information content (AvgIpc) is 2.65. The lowest BCUT2D eigenvalue weighted by Gasteiger charge is -2.11. The van der Waals surface area contributed by atoms with Crippen LogP contribution in [0.1, 0.15) is 10.4 Å². The summed E-state index contributed by atoms with van der Waals surface area (Å²) in [6.07, 6.45) is 0. The van der Waals surface area contributed by atoms with Crippen molar-refractivity contribution in [3.05, 3.63) is 59.1 Å². The van der Waals surface area contributed by atoms with Crippen LogP contribution in [0.5, 0.6) is 5.75 Å². The highest BCUT2D eigenvalue weighted by Crippen LogP contribution is 2.16. The molecule has 2 aromatic rings. The zero-order chi connectivity index (χ0) is 19.2. The number of hydrogen-bond donors (Lipinski definition) is 2. The molecule has 0 saturated heterocycles. The van der Waals surface area contributed by atoms with Crippen molar-refractivity contribution in [1.82, 2.24) is 10.3 Å². The standard InChI is InChI=1S/C16H15ClN2O6S/c1-24-16(21)13-4-2-3-5-14(13)26(22,23)19-18-15(20)10-25-12-8-6-11(17)7-9-12/h2-9,19H,10H2,1H3,(H,18,20). The maximum atomic E-state index is 12.3. The molecular formula is C16H15ClN2O6S. The zero-order valence-electron chi connectivity index (χ0n) is 13.6. The van der Waals surface area contributed by atoms with Gasteiger partial charge in [0.25, 0.3) is 15.9 Å². The van der Waals surface area contributed by atoms with Gasteiger partial charge in [0.05, 0.1) is 17.6 Å². The van der Waals surface area contributed by atoms with Crippen LogP contribution in [0.25, 0.3) is 0 Å². The van der Waals surface area contributed by atoms with Crippen molar-refractivity contribution in [2.75, 3.05) is 13.7 Å². The van der Waals surface area contributed by atoms with Gasteiger partial charge in [0, 0.05) is 5.02 Å². The van der Waals surface area contributed by atoms with E-state index < -0.39 is 28.5 Å². The first kappa shape index (κ1) is 19.7. The van der Waals surface area contributed by atoms with E-state index in [1.165, 1.54) is 24.3 Å². The molecule has 0 aliphatic heterocycles. The van der Waals surface area contributed by atoms with E-state index in [9.17, 15) is 18.0 Å². The number of ether oxygens (including phenoxy) is 2. The molecule has 0 fully saturated rings. The number of benzene rings is 2. The molecule has 0 spiro atoms. The van der Waals surface area contributed by atoms with E-state index in [2.05, 4.69) is 4.74 Å². The zero-order valence-corrected chi connectivity index (χ0v) is 15.1. The van der Waals surface area contributed by atoms with Crippen LogP contribution in [0.3, 0.4) is 0 Å². The van der Waals surface area contributed by atoms with Crippen LogP contribution in [0.15, 0.2) is 53.4 Å². The Labute approximate surface area is 155 Å². The van der Waals surface area contributed by atoms with Gasteiger partial charge >= 0.3 is 5.97 Å². The van der Waals surface area contributed by atoms with Crippen LogP contribution in [-0.2, 0) is 19.6 Å². The van der Waals surface area contributed by atoms with Crippen LogP contribution in [0.4, 0.5) is 0 Å². The van der Waals surface area contributed by atoms with E-state index in [-0.39, 0.29) is 10.5 Å². The summed E-state index contributed by atoms with van der Waals surface area (Å²) in [6, 6.07) is 11.7.